The lowest BCUT2D eigenvalue weighted by Crippen LogP contribution is -2.38. The monoisotopic (exact) mass is 534 g/mol. The third kappa shape index (κ3) is 5.16. The topological polar surface area (TPSA) is 106 Å². The molecule has 1 aliphatic heterocycles. The van der Waals surface area contributed by atoms with Gasteiger partial charge in [-0.25, -0.2) is 4.98 Å². The Morgan fingerprint density at radius 2 is 1.76 bits per heavy atom. The number of nitrogens with zero attached hydrogens (tertiary/aromatic N) is 4. The van der Waals surface area contributed by atoms with Crippen LogP contribution in [0.25, 0.3) is 22.3 Å². The predicted octanol–water partition coefficient (Wildman–Crippen LogP) is 4.68. The highest BCUT2D eigenvalue weighted by Gasteiger charge is 2.29. The van der Waals surface area contributed by atoms with Crippen LogP contribution in [0.5, 0.6) is 0 Å². The van der Waals surface area contributed by atoms with Crippen LogP contribution in [0, 0.1) is 0 Å². The van der Waals surface area contributed by atoms with Crippen molar-refractivity contribution in [2.24, 2.45) is 7.05 Å². The van der Waals surface area contributed by atoms with Crippen LogP contribution in [0.1, 0.15) is 27.1 Å². The second-order valence-corrected chi connectivity index (χ2v) is 9.76. The van der Waals surface area contributed by atoms with Crippen molar-refractivity contribution in [3.05, 3.63) is 88.3 Å². The molecule has 1 saturated heterocycles. The summed E-state index contributed by atoms with van der Waals surface area (Å²) in [7, 11) is 1.82. The number of benzene rings is 2. The molecule has 10 heteroatoms. The summed E-state index contributed by atoms with van der Waals surface area (Å²) in [6.07, 6.45) is 5.79. The van der Waals surface area contributed by atoms with E-state index >= 15 is 0 Å². The number of carbonyl (C=O) groups excluding carboxylic acids is 2. The van der Waals surface area contributed by atoms with E-state index in [1.807, 2.05) is 25.4 Å². The minimum Gasteiger partial charge on any atom is -0.383 e. The third-order valence-electron chi connectivity index (χ3n) is 6.40. The number of pyridine rings is 1. The number of aryl methyl sites for hydroxylation is 1. The highest BCUT2D eigenvalue weighted by atomic mass is 35.5. The number of likely N-dealkylation sites (tertiary alicyclic amines) is 1. The number of nitrogens with one attached hydrogen (secondary N) is 1. The number of aromatic nitrogens is 3. The maximum atomic E-state index is 13.1. The average molecular weight is 535 g/mol. The lowest BCUT2D eigenvalue weighted by atomic mass is 10.0. The molecule has 3 heterocycles. The van der Waals surface area contributed by atoms with Crippen molar-refractivity contribution in [2.75, 3.05) is 18.8 Å². The summed E-state index contributed by atoms with van der Waals surface area (Å²) < 4.78 is 1.68. The first-order chi connectivity index (χ1) is 17.8. The first-order valence-electron chi connectivity index (χ1n) is 11.7. The molecule has 5 rings (SSSR count). The Hall–Kier alpha value is -3.88. The van der Waals surface area contributed by atoms with E-state index in [-0.39, 0.29) is 23.7 Å². The zero-order valence-electron chi connectivity index (χ0n) is 20.0. The first-order valence-corrected chi connectivity index (χ1v) is 12.4. The van der Waals surface area contributed by atoms with Crippen molar-refractivity contribution in [3.8, 4) is 22.3 Å². The number of amides is 2. The van der Waals surface area contributed by atoms with Crippen molar-refractivity contribution in [3.63, 3.8) is 0 Å². The van der Waals surface area contributed by atoms with Crippen LogP contribution >= 0.6 is 23.2 Å². The normalized spacial score (nSPS) is 15.1. The summed E-state index contributed by atoms with van der Waals surface area (Å²) >= 11 is 12.6. The van der Waals surface area contributed by atoms with E-state index in [1.54, 1.807) is 58.4 Å². The lowest BCUT2D eigenvalue weighted by Gasteiger charge is -2.18. The Balaban J connectivity index is 1.24. The summed E-state index contributed by atoms with van der Waals surface area (Å²) in [5, 5.41) is 8.25. The molecule has 0 radical (unpaired) electrons. The number of rotatable bonds is 5. The summed E-state index contributed by atoms with van der Waals surface area (Å²) in [6.45, 7) is 0.934. The number of anilines is 1. The van der Waals surface area contributed by atoms with Gasteiger partial charge in [-0.3, -0.25) is 14.3 Å². The van der Waals surface area contributed by atoms with Gasteiger partial charge >= 0.3 is 0 Å². The highest BCUT2D eigenvalue weighted by molar-refractivity contribution is 6.39. The van der Waals surface area contributed by atoms with E-state index in [0.717, 1.165) is 22.3 Å². The van der Waals surface area contributed by atoms with Gasteiger partial charge < -0.3 is 16.0 Å². The molecule has 2 aromatic carbocycles. The fraction of sp³-hybridized carbons (Fsp3) is 0.185. The molecule has 1 fully saturated rings. The largest absolute Gasteiger partial charge is 0.383 e. The molecule has 3 N–H and O–H groups in total. The van der Waals surface area contributed by atoms with Gasteiger partial charge in [-0.05, 0) is 42.3 Å². The molecule has 0 saturated carbocycles. The van der Waals surface area contributed by atoms with Crippen LogP contribution in [-0.2, 0) is 7.05 Å². The van der Waals surface area contributed by atoms with Crippen LogP contribution in [0.2, 0.25) is 10.0 Å². The molecule has 0 unspecified atom stereocenters. The minimum absolute atomic E-state index is 0.103. The summed E-state index contributed by atoms with van der Waals surface area (Å²) in [4.78, 5) is 32.0. The number of halogens is 2. The predicted molar refractivity (Wildman–Crippen MR) is 145 cm³/mol. The number of hydrogen-bond acceptors (Lipinski definition) is 5. The summed E-state index contributed by atoms with van der Waals surface area (Å²) in [6, 6.07) is 14.1. The SMILES string of the molecule is Cn1cc(-c2cnc(N)c(C(=O)N[C@@H]3CCN(C(=O)c4ccc(-c5c(Cl)cccc5Cl)cc4)C3)c2)cn1. The van der Waals surface area contributed by atoms with Crippen LogP contribution in [0.3, 0.4) is 0 Å². The Morgan fingerprint density at radius 3 is 2.43 bits per heavy atom. The Bertz CT molecular complexity index is 1460. The molecule has 0 bridgehead atoms. The highest BCUT2D eigenvalue weighted by Crippen LogP contribution is 2.34. The minimum atomic E-state index is -0.323. The van der Waals surface area contributed by atoms with Gasteiger partial charge in [-0.1, -0.05) is 41.4 Å². The Morgan fingerprint density at radius 1 is 1.03 bits per heavy atom. The van der Waals surface area contributed by atoms with Crippen molar-refractivity contribution in [2.45, 2.75) is 12.5 Å². The Labute approximate surface area is 224 Å². The standard InChI is InChI=1S/C27H24Cl2N6O2/c1-34-14-19(13-32-34)18-11-21(25(30)31-12-18)26(36)33-20-9-10-35(15-20)27(37)17-7-5-16(6-8-17)24-22(28)3-2-4-23(24)29/h2-8,11-14,20H,9-10,15H2,1H3,(H2,30,31)(H,33,36)/t20-/m1/s1. The summed E-state index contributed by atoms with van der Waals surface area (Å²) in [5.74, 6) is -0.279. The fourth-order valence-electron chi connectivity index (χ4n) is 4.45. The van der Waals surface area contributed by atoms with Gasteiger partial charge in [-0.15, -0.1) is 0 Å². The second kappa shape index (κ2) is 10.2. The van der Waals surface area contributed by atoms with Gasteiger partial charge in [0.25, 0.3) is 11.8 Å². The lowest BCUT2D eigenvalue weighted by molar-refractivity contribution is 0.0783. The zero-order chi connectivity index (χ0) is 26.1. The van der Waals surface area contributed by atoms with Crippen molar-refractivity contribution >= 4 is 40.8 Å². The van der Waals surface area contributed by atoms with Gasteiger partial charge in [-0.2, -0.15) is 5.10 Å². The molecule has 1 aliphatic rings. The van der Waals surface area contributed by atoms with E-state index in [0.29, 0.717) is 40.7 Å². The van der Waals surface area contributed by atoms with Crippen LogP contribution in [0.15, 0.2) is 67.1 Å². The fourth-order valence-corrected chi connectivity index (χ4v) is 5.06. The van der Waals surface area contributed by atoms with E-state index in [2.05, 4.69) is 15.4 Å². The molecule has 37 heavy (non-hydrogen) atoms. The van der Waals surface area contributed by atoms with Crippen molar-refractivity contribution < 1.29 is 9.59 Å². The molecule has 188 valence electrons. The average Bonchev–Trinajstić information content (AvgIpc) is 3.53. The maximum absolute atomic E-state index is 13.1. The number of hydrogen-bond donors (Lipinski definition) is 2. The molecule has 4 aromatic rings. The number of nitrogen functional groups attached to an aromatic ring is 1. The van der Waals surface area contributed by atoms with Crippen molar-refractivity contribution in [1.82, 2.24) is 25.0 Å². The van der Waals surface area contributed by atoms with Crippen LogP contribution in [0.4, 0.5) is 5.82 Å². The van der Waals surface area contributed by atoms with Crippen molar-refractivity contribution in [1.29, 1.82) is 0 Å². The van der Waals surface area contributed by atoms with E-state index in [9.17, 15) is 9.59 Å². The van der Waals surface area contributed by atoms with Gasteiger partial charge in [0, 0.05) is 70.9 Å². The molecule has 0 aliphatic carbocycles. The molecular weight excluding hydrogens is 511 g/mol. The van der Waals surface area contributed by atoms with Crippen LogP contribution < -0.4 is 11.1 Å². The third-order valence-corrected chi connectivity index (χ3v) is 7.03. The van der Waals surface area contributed by atoms with E-state index in [4.69, 9.17) is 28.9 Å². The number of nitrogens with two attached hydrogens (primary N) is 1. The first kappa shape index (κ1) is 24.8. The molecular formula is C27H24Cl2N6O2. The van der Waals surface area contributed by atoms with Gasteiger partial charge in [0.15, 0.2) is 0 Å². The smallest absolute Gasteiger partial charge is 0.255 e. The molecule has 8 nitrogen and oxygen atoms in total. The molecule has 1 atom stereocenters. The summed E-state index contributed by atoms with van der Waals surface area (Å²) in [5.41, 5.74) is 9.99. The quantitative estimate of drug-likeness (QED) is 0.386. The van der Waals surface area contributed by atoms with Gasteiger partial charge in [0.05, 0.1) is 11.8 Å². The molecule has 0 spiro atoms. The van der Waals surface area contributed by atoms with Gasteiger partial charge in [0.2, 0.25) is 0 Å². The van der Waals surface area contributed by atoms with E-state index in [1.165, 1.54) is 0 Å². The molecule has 2 aromatic heterocycles. The second-order valence-electron chi connectivity index (χ2n) is 8.94. The number of carbonyl (C=O) groups is 2. The Kier molecular flexibility index (Phi) is 6.86. The zero-order valence-corrected chi connectivity index (χ0v) is 21.5. The van der Waals surface area contributed by atoms with Crippen LogP contribution in [-0.4, -0.2) is 50.6 Å². The maximum Gasteiger partial charge on any atom is 0.255 e. The van der Waals surface area contributed by atoms with E-state index < -0.39 is 0 Å². The van der Waals surface area contributed by atoms with Gasteiger partial charge in [0.1, 0.15) is 5.82 Å². The molecule has 2 amide bonds.